The van der Waals surface area contributed by atoms with E-state index in [2.05, 4.69) is 34.8 Å². The van der Waals surface area contributed by atoms with E-state index in [0.717, 1.165) is 79.0 Å². The van der Waals surface area contributed by atoms with E-state index in [9.17, 15) is 0 Å². The number of hydrogen-bond donors (Lipinski definition) is 2. The van der Waals surface area contributed by atoms with E-state index in [1.807, 2.05) is 36.4 Å². The molecule has 0 spiro atoms. The van der Waals surface area contributed by atoms with E-state index in [1.54, 1.807) is 0 Å². The fourth-order valence-electron chi connectivity index (χ4n) is 4.26. The summed E-state index contributed by atoms with van der Waals surface area (Å²) in [4.78, 5) is 9.44. The quantitative estimate of drug-likeness (QED) is 0.299. The van der Waals surface area contributed by atoms with E-state index in [1.165, 1.54) is 0 Å². The second-order valence-corrected chi connectivity index (χ2v) is 8.43. The molecule has 0 atom stereocenters. The molecule has 5 rings (SSSR count). The minimum atomic E-state index is 0.613. The van der Waals surface area contributed by atoms with Gasteiger partial charge in [-0.15, -0.1) is 0 Å². The highest BCUT2D eigenvalue weighted by atomic mass is 35.5. The van der Waals surface area contributed by atoms with Gasteiger partial charge in [0.15, 0.2) is 5.75 Å². The van der Waals surface area contributed by atoms with Crippen LogP contribution in [0.3, 0.4) is 0 Å². The predicted molar refractivity (Wildman–Crippen MR) is 128 cm³/mol. The van der Waals surface area contributed by atoms with Crippen LogP contribution in [0.5, 0.6) is 5.75 Å². The van der Waals surface area contributed by atoms with Crippen LogP contribution >= 0.6 is 23.2 Å². The molecule has 0 saturated carbocycles. The molecule has 0 bridgehead atoms. The molecule has 0 amide bonds. The highest BCUT2D eigenvalue weighted by Crippen LogP contribution is 2.41. The van der Waals surface area contributed by atoms with E-state index >= 15 is 0 Å². The Balaban J connectivity index is 1.76. The number of nitrogens with zero attached hydrogens (tertiary/aromatic N) is 1. The summed E-state index contributed by atoms with van der Waals surface area (Å²) in [6.45, 7) is 7.85. The van der Waals surface area contributed by atoms with Crippen molar-refractivity contribution in [3.05, 3.63) is 52.5 Å². The first-order valence-electron chi connectivity index (χ1n) is 10.3. The van der Waals surface area contributed by atoms with Crippen LogP contribution in [0.25, 0.3) is 43.6 Å². The number of fused-ring (bicyclic) bond motifs is 6. The normalized spacial score (nSPS) is 12.2. The number of ether oxygens (including phenoxy) is 1. The van der Waals surface area contributed by atoms with Crippen LogP contribution in [0, 0.1) is 0 Å². The molecular formula is C24H23Cl2N3O. The molecule has 6 heteroatoms. The lowest BCUT2D eigenvalue weighted by molar-refractivity contribution is 0.225. The van der Waals surface area contributed by atoms with Crippen molar-refractivity contribution < 1.29 is 4.74 Å². The molecular weight excluding hydrogens is 417 g/mol. The summed E-state index contributed by atoms with van der Waals surface area (Å²) in [7, 11) is 0. The average Bonchev–Trinajstić information content (AvgIpc) is 3.28. The minimum absolute atomic E-state index is 0.613. The molecule has 3 aromatic carbocycles. The Bertz CT molecular complexity index is 1290. The van der Waals surface area contributed by atoms with Crippen molar-refractivity contribution in [2.24, 2.45) is 0 Å². The second kappa shape index (κ2) is 7.69. The zero-order chi connectivity index (χ0) is 20.8. The molecule has 4 nitrogen and oxygen atoms in total. The average molecular weight is 440 g/mol. The molecule has 0 aliphatic heterocycles. The maximum atomic E-state index is 6.42. The highest BCUT2D eigenvalue weighted by Gasteiger charge is 2.18. The molecule has 0 fully saturated rings. The summed E-state index contributed by atoms with van der Waals surface area (Å²) in [5, 5.41) is 5.80. The Morgan fingerprint density at radius 1 is 0.767 bits per heavy atom. The molecule has 5 aromatic rings. The SMILES string of the molecule is CCN(CC)CCOc1c2[nH]c3ccc(Cl)cc3c2cc2c1[nH]c1ccc(Cl)cc12. The lowest BCUT2D eigenvalue weighted by atomic mass is 10.1. The number of H-pyrrole nitrogens is 2. The number of halogens is 2. The third kappa shape index (κ3) is 3.20. The molecule has 0 aliphatic rings. The summed E-state index contributed by atoms with van der Waals surface area (Å²) in [5.41, 5.74) is 4.05. The summed E-state index contributed by atoms with van der Waals surface area (Å²) < 4.78 is 6.42. The van der Waals surface area contributed by atoms with Crippen molar-refractivity contribution >= 4 is 66.8 Å². The molecule has 30 heavy (non-hydrogen) atoms. The van der Waals surface area contributed by atoms with Gasteiger partial charge >= 0.3 is 0 Å². The smallest absolute Gasteiger partial charge is 0.167 e. The van der Waals surface area contributed by atoms with Gasteiger partial charge in [0.1, 0.15) is 6.61 Å². The number of hydrogen-bond acceptors (Lipinski definition) is 2. The van der Waals surface area contributed by atoms with Gasteiger partial charge < -0.3 is 19.6 Å². The van der Waals surface area contributed by atoms with E-state index in [0.29, 0.717) is 6.61 Å². The van der Waals surface area contributed by atoms with Crippen molar-refractivity contribution in [2.45, 2.75) is 13.8 Å². The number of rotatable bonds is 6. The van der Waals surface area contributed by atoms with Crippen molar-refractivity contribution in [1.29, 1.82) is 0 Å². The van der Waals surface area contributed by atoms with Crippen molar-refractivity contribution in [1.82, 2.24) is 14.9 Å². The highest BCUT2D eigenvalue weighted by molar-refractivity contribution is 6.33. The van der Waals surface area contributed by atoms with Gasteiger partial charge in [-0.3, -0.25) is 0 Å². The third-order valence-corrected chi connectivity index (χ3v) is 6.36. The minimum Gasteiger partial charge on any atom is -0.488 e. The first-order chi connectivity index (χ1) is 14.6. The molecule has 0 unspecified atom stereocenters. The van der Waals surface area contributed by atoms with Crippen molar-refractivity contribution in [3.63, 3.8) is 0 Å². The van der Waals surface area contributed by atoms with Gasteiger partial charge in [-0.05, 0) is 55.6 Å². The topological polar surface area (TPSA) is 44.0 Å². The number of benzene rings is 3. The van der Waals surface area contributed by atoms with Gasteiger partial charge in [-0.1, -0.05) is 37.0 Å². The summed E-state index contributed by atoms with van der Waals surface area (Å²) >= 11 is 12.6. The largest absolute Gasteiger partial charge is 0.488 e. The van der Waals surface area contributed by atoms with Crippen molar-refractivity contribution in [2.75, 3.05) is 26.2 Å². The number of nitrogens with one attached hydrogen (secondary N) is 2. The Kier molecular flexibility index (Phi) is 5.02. The Morgan fingerprint density at radius 2 is 1.30 bits per heavy atom. The molecule has 2 aromatic heterocycles. The zero-order valence-electron chi connectivity index (χ0n) is 17.0. The fraction of sp³-hybridized carbons (Fsp3) is 0.250. The maximum Gasteiger partial charge on any atom is 0.167 e. The van der Waals surface area contributed by atoms with Gasteiger partial charge in [-0.25, -0.2) is 0 Å². The number of aromatic amines is 2. The molecule has 154 valence electrons. The van der Waals surface area contributed by atoms with Gasteiger partial charge in [0, 0.05) is 49.2 Å². The lowest BCUT2D eigenvalue weighted by Gasteiger charge is -2.18. The first kappa shape index (κ1) is 19.6. The molecule has 2 N–H and O–H groups in total. The van der Waals surface area contributed by atoms with E-state index < -0.39 is 0 Å². The Labute approximate surface area is 184 Å². The monoisotopic (exact) mass is 439 g/mol. The number of aromatic nitrogens is 2. The third-order valence-electron chi connectivity index (χ3n) is 5.89. The van der Waals surface area contributed by atoms with Gasteiger partial charge in [0.2, 0.25) is 0 Å². The molecule has 0 saturated heterocycles. The number of likely N-dealkylation sites (N-methyl/N-ethyl adjacent to an activating group) is 1. The standard InChI is InChI=1S/C24H23Cl2N3O/c1-3-29(4-2)9-10-30-24-22-18(16-11-14(25)5-7-20(16)27-22)13-19-17-12-15(26)6-8-21(17)28-23(19)24/h5-8,11-13,27-28H,3-4,9-10H2,1-2H3. The Morgan fingerprint density at radius 3 is 1.80 bits per heavy atom. The predicted octanol–water partition coefficient (Wildman–Crippen LogP) is 6.98. The van der Waals surface area contributed by atoms with Gasteiger partial charge in [0.25, 0.3) is 0 Å². The van der Waals surface area contributed by atoms with Crippen LogP contribution in [0.4, 0.5) is 0 Å². The summed E-state index contributed by atoms with van der Waals surface area (Å²) in [6.07, 6.45) is 0. The summed E-state index contributed by atoms with van der Waals surface area (Å²) in [6, 6.07) is 14.0. The van der Waals surface area contributed by atoms with E-state index in [4.69, 9.17) is 27.9 Å². The second-order valence-electron chi connectivity index (χ2n) is 7.56. The van der Waals surface area contributed by atoms with Crippen LogP contribution in [0.2, 0.25) is 10.0 Å². The zero-order valence-corrected chi connectivity index (χ0v) is 18.5. The van der Waals surface area contributed by atoms with Crippen LogP contribution in [0.15, 0.2) is 42.5 Å². The summed E-state index contributed by atoms with van der Waals surface area (Å²) in [5.74, 6) is 0.842. The lowest BCUT2D eigenvalue weighted by Crippen LogP contribution is -2.27. The molecule has 0 radical (unpaired) electrons. The fourth-order valence-corrected chi connectivity index (χ4v) is 4.60. The van der Waals surface area contributed by atoms with Gasteiger partial charge in [0.05, 0.1) is 11.0 Å². The van der Waals surface area contributed by atoms with Crippen LogP contribution < -0.4 is 4.74 Å². The molecule has 0 aliphatic carbocycles. The first-order valence-corrected chi connectivity index (χ1v) is 11.0. The van der Waals surface area contributed by atoms with Crippen molar-refractivity contribution in [3.8, 4) is 5.75 Å². The Hall–Kier alpha value is -2.40. The van der Waals surface area contributed by atoms with Crippen LogP contribution in [-0.4, -0.2) is 41.1 Å². The van der Waals surface area contributed by atoms with E-state index in [-0.39, 0.29) is 0 Å². The maximum absolute atomic E-state index is 6.42. The van der Waals surface area contributed by atoms with Crippen LogP contribution in [-0.2, 0) is 0 Å². The molecule has 2 heterocycles. The van der Waals surface area contributed by atoms with Gasteiger partial charge in [-0.2, -0.15) is 0 Å². The van der Waals surface area contributed by atoms with Crippen LogP contribution in [0.1, 0.15) is 13.8 Å².